The van der Waals surface area contributed by atoms with E-state index in [1.807, 2.05) is 17.4 Å². The zero-order valence-corrected chi connectivity index (χ0v) is 19.7. The largest absolute Gasteiger partial charge is 0.358 e. The van der Waals surface area contributed by atoms with Crippen LogP contribution in [0.4, 0.5) is 5.82 Å². The van der Waals surface area contributed by atoms with Gasteiger partial charge in [0.05, 0.1) is 5.39 Å². The number of thiocarbonyl (C=S) groups is 1. The number of hydrogen-bond acceptors (Lipinski definition) is 5. The van der Waals surface area contributed by atoms with Crippen LogP contribution in [0, 0.1) is 0 Å². The van der Waals surface area contributed by atoms with Crippen molar-refractivity contribution in [2.45, 2.75) is 45.6 Å². The third-order valence-electron chi connectivity index (χ3n) is 6.31. The van der Waals surface area contributed by atoms with E-state index in [1.165, 1.54) is 51.9 Å². The number of rotatable bonds is 4. The minimum absolute atomic E-state index is 0.771. The van der Waals surface area contributed by atoms with Crippen LogP contribution in [-0.4, -0.2) is 46.2 Å². The first kappa shape index (κ1) is 20.6. The van der Waals surface area contributed by atoms with E-state index in [0.717, 1.165) is 55.9 Å². The van der Waals surface area contributed by atoms with Gasteiger partial charge in [0, 0.05) is 44.0 Å². The Morgan fingerprint density at radius 1 is 1.06 bits per heavy atom. The lowest BCUT2D eigenvalue weighted by molar-refractivity contribution is 0.379. The van der Waals surface area contributed by atoms with Crippen molar-refractivity contribution in [3.8, 4) is 0 Å². The van der Waals surface area contributed by atoms with Gasteiger partial charge in [-0.1, -0.05) is 37.3 Å². The average Bonchev–Trinajstić information content (AvgIpc) is 3.21. The van der Waals surface area contributed by atoms with Crippen LogP contribution in [0.5, 0.6) is 0 Å². The fourth-order valence-electron chi connectivity index (χ4n) is 4.57. The molecule has 5 nitrogen and oxygen atoms in total. The SMILES string of the molecule is CCc1nc(N2CCN(C(=S)NCc3ccccc3)CC2)c2c3c(sc2n1)CCCC3. The Hall–Kier alpha value is -2.25. The first-order chi connectivity index (χ1) is 15.2. The molecule has 1 saturated heterocycles. The Morgan fingerprint density at radius 2 is 1.84 bits per heavy atom. The first-order valence-electron chi connectivity index (χ1n) is 11.4. The molecule has 0 saturated carbocycles. The maximum absolute atomic E-state index is 5.68. The quantitative estimate of drug-likeness (QED) is 0.596. The lowest BCUT2D eigenvalue weighted by Gasteiger charge is -2.37. The number of aryl methyl sites for hydroxylation is 3. The standard InChI is InChI=1S/C24H29N5S2/c1-2-20-26-22(21-18-10-6-7-11-19(18)31-23(21)27-20)28-12-14-29(15-13-28)24(30)25-16-17-8-4-3-5-9-17/h3-5,8-9H,2,6-7,10-16H2,1H3,(H,25,30). The molecule has 0 spiro atoms. The Kier molecular flexibility index (Phi) is 6.05. The molecule has 2 aromatic heterocycles. The maximum atomic E-state index is 5.68. The summed E-state index contributed by atoms with van der Waals surface area (Å²) in [4.78, 5) is 17.4. The number of thiophene rings is 1. The molecule has 0 bridgehead atoms. The molecule has 1 aromatic carbocycles. The minimum Gasteiger partial charge on any atom is -0.358 e. The van der Waals surface area contributed by atoms with Crippen molar-refractivity contribution in [3.05, 3.63) is 52.2 Å². The van der Waals surface area contributed by atoms with Crippen molar-refractivity contribution in [1.82, 2.24) is 20.2 Å². The summed E-state index contributed by atoms with van der Waals surface area (Å²) < 4.78 is 0. The summed E-state index contributed by atoms with van der Waals surface area (Å²) in [5.41, 5.74) is 2.77. The fraction of sp³-hybridized carbons (Fsp3) is 0.458. The lowest BCUT2D eigenvalue weighted by Crippen LogP contribution is -2.51. The van der Waals surface area contributed by atoms with Gasteiger partial charge >= 0.3 is 0 Å². The molecule has 0 amide bonds. The molecule has 1 fully saturated rings. The highest BCUT2D eigenvalue weighted by atomic mass is 32.1. The summed E-state index contributed by atoms with van der Waals surface area (Å²) in [5.74, 6) is 2.12. The van der Waals surface area contributed by atoms with Gasteiger partial charge < -0.3 is 15.1 Å². The van der Waals surface area contributed by atoms with Gasteiger partial charge in [-0.2, -0.15) is 0 Å². The van der Waals surface area contributed by atoms with E-state index in [0.29, 0.717) is 0 Å². The molecular formula is C24H29N5S2. The third kappa shape index (κ3) is 4.26. The van der Waals surface area contributed by atoms with E-state index in [4.69, 9.17) is 22.2 Å². The van der Waals surface area contributed by atoms with Gasteiger partial charge in [0.25, 0.3) is 0 Å². The molecule has 0 unspecified atom stereocenters. The molecule has 162 valence electrons. The number of nitrogens with zero attached hydrogens (tertiary/aromatic N) is 4. The number of aromatic nitrogens is 2. The van der Waals surface area contributed by atoms with Crippen LogP contribution in [0.3, 0.4) is 0 Å². The highest BCUT2D eigenvalue weighted by Gasteiger charge is 2.26. The van der Waals surface area contributed by atoms with Crippen molar-refractivity contribution in [2.24, 2.45) is 0 Å². The summed E-state index contributed by atoms with van der Waals surface area (Å²) in [6, 6.07) is 10.4. The van der Waals surface area contributed by atoms with Crippen LogP contribution in [0.25, 0.3) is 10.2 Å². The van der Waals surface area contributed by atoms with Crippen LogP contribution >= 0.6 is 23.6 Å². The zero-order valence-electron chi connectivity index (χ0n) is 18.1. The van der Waals surface area contributed by atoms with E-state index in [1.54, 1.807) is 0 Å². The monoisotopic (exact) mass is 451 g/mol. The predicted octanol–water partition coefficient (Wildman–Crippen LogP) is 4.33. The normalized spacial score (nSPS) is 16.4. The number of piperazine rings is 1. The Morgan fingerprint density at radius 3 is 2.61 bits per heavy atom. The molecule has 31 heavy (non-hydrogen) atoms. The summed E-state index contributed by atoms with van der Waals surface area (Å²) >= 11 is 7.58. The van der Waals surface area contributed by atoms with Crippen LogP contribution in [0.1, 0.15) is 41.6 Å². The number of benzene rings is 1. The molecule has 1 aliphatic heterocycles. The van der Waals surface area contributed by atoms with E-state index in [2.05, 4.69) is 46.3 Å². The molecule has 1 N–H and O–H groups in total. The minimum atomic E-state index is 0.771. The number of anilines is 1. The predicted molar refractivity (Wildman–Crippen MR) is 133 cm³/mol. The molecule has 0 radical (unpaired) electrons. The second-order valence-electron chi connectivity index (χ2n) is 8.33. The van der Waals surface area contributed by atoms with Gasteiger partial charge in [0.15, 0.2) is 5.11 Å². The first-order valence-corrected chi connectivity index (χ1v) is 12.6. The number of nitrogens with one attached hydrogen (secondary N) is 1. The molecule has 1 aliphatic carbocycles. The molecule has 7 heteroatoms. The third-order valence-corrected chi connectivity index (χ3v) is 7.90. The van der Waals surface area contributed by atoms with Crippen LogP contribution in [0.15, 0.2) is 30.3 Å². The smallest absolute Gasteiger partial charge is 0.169 e. The summed E-state index contributed by atoms with van der Waals surface area (Å²) in [6.45, 7) is 6.63. The molecule has 3 heterocycles. The Balaban J connectivity index is 1.31. The lowest BCUT2D eigenvalue weighted by atomic mass is 9.97. The van der Waals surface area contributed by atoms with Gasteiger partial charge in [0.1, 0.15) is 16.5 Å². The van der Waals surface area contributed by atoms with Crippen molar-refractivity contribution in [1.29, 1.82) is 0 Å². The van der Waals surface area contributed by atoms with Crippen LogP contribution in [-0.2, 0) is 25.8 Å². The van der Waals surface area contributed by atoms with E-state index in [9.17, 15) is 0 Å². The highest BCUT2D eigenvalue weighted by Crippen LogP contribution is 2.40. The van der Waals surface area contributed by atoms with Gasteiger partial charge in [-0.25, -0.2) is 9.97 Å². The Labute approximate surface area is 193 Å². The van der Waals surface area contributed by atoms with Gasteiger partial charge in [-0.3, -0.25) is 0 Å². The molecule has 5 rings (SSSR count). The number of fused-ring (bicyclic) bond motifs is 3. The fourth-order valence-corrected chi connectivity index (χ4v) is 6.10. The van der Waals surface area contributed by atoms with E-state index in [-0.39, 0.29) is 0 Å². The number of hydrogen-bond donors (Lipinski definition) is 1. The highest BCUT2D eigenvalue weighted by molar-refractivity contribution is 7.80. The van der Waals surface area contributed by atoms with Crippen LogP contribution < -0.4 is 10.2 Å². The zero-order chi connectivity index (χ0) is 21.2. The summed E-state index contributed by atoms with van der Waals surface area (Å²) in [6.07, 6.45) is 5.83. The van der Waals surface area contributed by atoms with Crippen molar-refractivity contribution in [3.63, 3.8) is 0 Å². The van der Waals surface area contributed by atoms with E-state index < -0.39 is 0 Å². The van der Waals surface area contributed by atoms with Crippen molar-refractivity contribution < 1.29 is 0 Å². The molecule has 2 aliphatic rings. The van der Waals surface area contributed by atoms with Crippen molar-refractivity contribution in [2.75, 3.05) is 31.1 Å². The molecule has 0 atom stereocenters. The second-order valence-corrected chi connectivity index (χ2v) is 9.80. The molecular weight excluding hydrogens is 422 g/mol. The summed E-state index contributed by atoms with van der Waals surface area (Å²) in [5, 5.41) is 5.60. The van der Waals surface area contributed by atoms with Gasteiger partial charge in [0.2, 0.25) is 0 Å². The van der Waals surface area contributed by atoms with Crippen molar-refractivity contribution >= 4 is 44.7 Å². The second kappa shape index (κ2) is 9.09. The van der Waals surface area contributed by atoms with Gasteiger partial charge in [-0.15, -0.1) is 11.3 Å². The van der Waals surface area contributed by atoms with E-state index >= 15 is 0 Å². The van der Waals surface area contributed by atoms with Gasteiger partial charge in [-0.05, 0) is 49.0 Å². The van der Waals surface area contributed by atoms with Crippen LogP contribution in [0.2, 0.25) is 0 Å². The molecule has 3 aromatic rings. The maximum Gasteiger partial charge on any atom is 0.169 e. The Bertz CT molecular complexity index is 1070. The average molecular weight is 452 g/mol. The summed E-state index contributed by atoms with van der Waals surface area (Å²) in [7, 11) is 0. The topological polar surface area (TPSA) is 44.3 Å².